The van der Waals surface area contributed by atoms with Crippen molar-refractivity contribution >= 4 is 22.9 Å². The Morgan fingerprint density at radius 1 is 1.75 bits per heavy atom. The third-order valence-electron chi connectivity index (χ3n) is 2.23. The highest BCUT2D eigenvalue weighted by Gasteiger charge is 2.38. The SMILES string of the molecule is CC1CC1C(=O)Nc1ccsc1. The Balaban J connectivity index is 1.92. The largest absolute Gasteiger partial charge is 0.325 e. The third-order valence-corrected chi connectivity index (χ3v) is 2.92. The van der Waals surface area contributed by atoms with Crippen LogP contribution in [0.5, 0.6) is 0 Å². The molecule has 1 fully saturated rings. The highest BCUT2D eigenvalue weighted by molar-refractivity contribution is 7.08. The number of hydrogen-bond acceptors (Lipinski definition) is 2. The summed E-state index contributed by atoms with van der Waals surface area (Å²) in [7, 11) is 0. The molecule has 2 atom stereocenters. The third kappa shape index (κ3) is 1.50. The van der Waals surface area contributed by atoms with E-state index in [1.807, 2.05) is 16.8 Å². The summed E-state index contributed by atoms with van der Waals surface area (Å²) in [5, 5.41) is 6.80. The molecule has 0 aromatic carbocycles. The van der Waals surface area contributed by atoms with E-state index in [0.717, 1.165) is 12.1 Å². The molecule has 0 radical (unpaired) electrons. The minimum atomic E-state index is 0.181. The molecular weight excluding hydrogens is 170 g/mol. The maximum Gasteiger partial charge on any atom is 0.227 e. The molecule has 1 aromatic heterocycles. The van der Waals surface area contributed by atoms with Crippen molar-refractivity contribution in [2.24, 2.45) is 11.8 Å². The summed E-state index contributed by atoms with van der Waals surface area (Å²) >= 11 is 1.60. The van der Waals surface area contributed by atoms with Crippen LogP contribution in [0.1, 0.15) is 13.3 Å². The van der Waals surface area contributed by atoms with Gasteiger partial charge in [-0.3, -0.25) is 4.79 Å². The number of carbonyl (C=O) groups is 1. The van der Waals surface area contributed by atoms with Crippen LogP contribution in [0.15, 0.2) is 16.8 Å². The van der Waals surface area contributed by atoms with Crippen LogP contribution < -0.4 is 5.32 Å². The Kier molecular flexibility index (Phi) is 1.89. The second kappa shape index (κ2) is 2.90. The molecule has 1 aliphatic carbocycles. The van der Waals surface area contributed by atoms with E-state index in [1.165, 1.54) is 0 Å². The summed E-state index contributed by atoms with van der Waals surface area (Å²) in [5.74, 6) is 1.04. The molecule has 0 spiro atoms. The molecule has 0 aliphatic heterocycles. The van der Waals surface area contributed by atoms with Crippen LogP contribution >= 0.6 is 11.3 Å². The van der Waals surface area contributed by atoms with Gasteiger partial charge in [-0.2, -0.15) is 11.3 Å². The molecule has 1 aromatic rings. The van der Waals surface area contributed by atoms with E-state index >= 15 is 0 Å². The summed E-state index contributed by atoms with van der Waals surface area (Å²) in [4.78, 5) is 11.4. The summed E-state index contributed by atoms with van der Waals surface area (Å²) in [5.41, 5.74) is 0.934. The van der Waals surface area contributed by atoms with E-state index in [2.05, 4.69) is 12.2 Å². The maximum atomic E-state index is 11.4. The first-order valence-electron chi connectivity index (χ1n) is 4.10. The zero-order valence-corrected chi connectivity index (χ0v) is 7.73. The van der Waals surface area contributed by atoms with E-state index in [0.29, 0.717) is 5.92 Å². The van der Waals surface area contributed by atoms with Crippen LogP contribution in [0.2, 0.25) is 0 Å². The van der Waals surface area contributed by atoms with Crippen LogP contribution in [-0.2, 0) is 4.79 Å². The van der Waals surface area contributed by atoms with Gasteiger partial charge in [-0.15, -0.1) is 0 Å². The summed E-state index contributed by atoms with van der Waals surface area (Å²) < 4.78 is 0. The zero-order chi connectivity index (χ0) is 8.55. The van der Waals surface area contributed by atoms with Crippen molar-refractivity contribution in [2.45, 2.75) is 13.3 Å². The molecule has 64 valence electrons. The normalized spacial score (nSPS) is 26.8. The van der Waals surface area contributed by atoms with Gasteiger partial charge < -0.3 is 5.32 Å². The van der Waals surface area contributed by atoms with Crippen molar-refractivity contribution in [3.8, 4) is 0 Å². The highest BCUT2D eigenvalue weighted by atomic mass is 32.1. The molecule has 3 heteroatoms. The Morgan fingerprint density at radius 3 is 3.00 bits per heavy atom. The second-order valence-electron chi connectivity index (χ2n) is 3.32. The fourth-order valence-electron chi connectivity index (χ4n) is 1.26. The molecule has 2 rings (SSSR count). The number of rotatable bonds is 2. The predicted molar refractivity (Wildman–Crippen MR) is 50.2 cm³/mol. The first-order chi connectivity index (χ1) is 5.77. The van der Waals surface area contributed by atoms with Gasteiger partial charge in [0.15, 0.2) is 0 Å². The number of nitrogens with one attached hydrogen (secondary N) is 1. The maximum absolute atomic E-state index is 11.4. The van der Waals surface area contributed by atoms with E-state index in [4.69, 9.17) is 0 Å². The molecular formula is C9H11NOS. The molecule has 1 aliphatic rings. The minimum absolute atomic E-state index is 0.181. The molecule has 0 bridgehead atoms. The van der Waals surface area contributed by atoms with Gasteiger partial charge in [-0.1, -0.05) is 6.92 Å². The van der Waals surface area contributed by atoms with Crippen molar-refractivity contribution in [1.29, 1.82) is 0 Å². The van der Waals surface area contributed by atoms with E-state index in [9.17, 15) is 4.79 Å². The van der Waals surface area contributed by atoms with Gasteiger partial charge in [0.05, 0.1) is 5.69 Å². The molecule has 0 saturated heterocycles. The van der Waals surface area contributed by atoms with Crippen molar-refractivity contribution < 1.29 is 4.79 Å². The van der Waals surface area contributed by atoms with E-state index in [-0.39, 0.29) is 11.8 Å². The summed E-state index contributed by atoms with van der Waals surface area (Å²) in [6.45, 7) is 2.11. The van der Waals surface area contributed by atoms with Crippen LogP contribution in [0.25, 0.3) is 0 Å². The van der Waals surface area contributed by atoms with E-state index < -0.39 is 0 Å². The van der Waals surface area contributed by atoms with Crippen molar-refractivity contribution in [3.63, 3.8) is 0 Å². The second-order valence-corrected chi connectivity index (χ2v) is 4.10. The van der Waals surface area contributed by atoms with Gasteiger partial charge in [0.1, 0.15) is 0 Å². The fourth-order valence-corrected chi connectivity index (χ4v) is 1.85. The lowest BCUT2D eigenvalue weighted by atomic mass is 10.3. The number of carbonyl (C=O) groups excluding carboxylic acids is 1. The smallest absolute Gasteiger partial charge is 0.227 e. The van der Waals surface area contributed by atoms with Gasteiger partial charge in [-0.25, -0.2) is 0 Å². The van der Waals surface area contributed by atoms with Crippen molar-refractivity contribution in [2.75, 3.05) is 5.32 Å². The molecule has 1 heterocycles. The molecule has 2 unspecified atom stereocenters. The van der Waals surface area contributed by atoms with Gasteiger partial charge in [0, 0.05) is 11.3 Å². The fraction of sp³-hybridized carbons (Fsp3) is 0.444. The molecule has 1 N–H and O–H groups in total. The Bertz CT molecular complexity index is 281. The van der Waals surface area contributed by atoms with Crippen LogP contribution in [0, 0.1) is 11.8 Å². The van der Waals surface area contributed by atoms with E-state index in [1.54, 1.807) is 11.3 Å². The molecule has 12 heavy (non-hydrogen) atoms. The molecule has 1 saturated carbocycles. The zero-order valence-electron chi connectivity index (χ0n) is 6.91. The number of thiophene rings is 1. The van der Waals surface area contributed by atoms with Crippen molar-refractivity contribution in [1.82, 2.24) is 0 Å². The quantitative estimate of drug-likeness (QED) is 0.745. The predicted octanol–water partition coefficient (Wildman–Crippen LogP) is 2.34. The van der Waals surface area contributed by atoms with Gasteiger partial charge in [-0.05, 0) is 23.8 Å². The van der Waals surface area contributed by atoms with Gasteiger partial charge >= 0.3 is 0 Å². The van der Waals surface area contributed by atoms with Crippen LogP contribution in [-0.4, -0.2) is 5.91 Å². The first-order valence-corrected chi connectivity index (χ1v) is 5.04. The number of anilines is 1. The van der Waals surface area contributed by atoms with Crippen LogP contribution in [0.3, 0.4) is 0 Å². The minimum Gasteiger partial charge on any atom is -0.325 e. The number of amides is 1. The lowest BCUT2D eigenvalue weighted by Crippen LogP contribution is -2.13. The van der Waals surface area contributed by atoms with Crippen molar-refractivity contribution in [3.05, 3.63) is 16.8 Å². The van der Waals surface area contributed by atoms with Gasteiger partial charge in [0.25, 0.3) is 0 Å². The van der Waals surface area contributed by atoms with Gasteiger partial charge in [0.2, 0.25) is 5.91 Å². The highest BCUT2D eigenvalue weighted by Crippen LogP contribution is 2.38. The lowest BCUT2D eigenvalue weighted by Gasteiger charge is -1.99. The summed E-state index contributed by atoms with van der Waals surface area (Å²) in [6.07, 6.45) is 1.05. The first kappa shape index (κ1) is 7.80. The summed E-state index contributed by atoms with van der Waals surface area (Å²) in [6, 6.07) is 1.93. The average Bonchev–Trinajstić information content (AvgIpc) is 2.58. The topological polar surface area (TPSA) is 29.1 Å². The average molecular weight is 181 g/mol. The Labute approximate surface area is 75.6 Å². The molecule has 2 nitrogen and oxygen atoms in total. The number of hydrogen-bond donors (Lipinski definition) is 1. The lowest BCUT2D eigenvalue weighted by molar-refractivity contribution is -0.117. The molecule has 1 amide bonds. The monoisotopic (exact) mass is 181 g/mol. The Morgan fingerprint density at radius 2 is 2.50 bits per heavy atom. The Hall–Kier alpha value is -0.830. The standard InChI is InChI=1S/C9H11NOS/c1-6-4-8(6)9(11)10-7-2-3-12-5-7/h2-3,5-6,8H,4H2,1H3,(H,10,11). The van der Waals surface area contributed by atoms with Crippen LogP contribution in [0.4, 0.5) is 5.69 Å².